The molecule has 7 heteroatoms. The molecule has 2 fully saturated rings. The highest BCUT2D eigenvalue weighted by Gasteiger charge is 2.34. The van der Waals surface area contributed by atoms with E-state index in [9.17, 15) is 9.90 Å². The van der Waals surface area contributed by atoms with Gasteiger partial charge >= 0.3 is 0 Å². The van der Waals surface area contributed by atoms with E-state index in [1.807, 2.05) is 61.2 Å². The van der Waals surface area contributed by atoms with Gasteiger partial charge in [-0.3, -0.25) is 9.69 Å². The number of H-pyrrole nitrogens is 1. The molecule has 1 unspecified atom stereocenters. The number of piperidine rings is 2. The lowest BCUT2D eigenvalue weighted by atomic mass is 9.86. The Morgan fingerprint density at radius 1 is 1.14 bits per heavy atom. The van der Waals surface area contributed by atoms with E-state index in [1.54, 1.807) is 6.08 Å². The summed E-state index contributed by atoms with van der Waals surface area (Å²) in [6.45, 7) is 11.7. The van der Waals surface area contributed by atoms with E-state index in [2.05, 4.69) is 23.7 Å². The first-order chi connectivity index (χ1) is 17.9. The Bertz CT molecular complexity index is 1020. The Morgan fingerprint density at radius 2 is 1.81 bits per heavy atom. The number of imidazole rings is 1. The molecule has 2 aliphatic heterocycles. The van der Waals surface area contributed by atoms with Gasteiger partial charge in [0.2, 0.25) is 5.91 Å². The van der Waals surface area contributed by atoms with Crippen LogP contribution >= 0.6 is 11.6 Å². The number of allylic oxidation sites excluding steroid dienone is 2. The van der Waals surface area contributed by atoms with E-state index < -0.39 is 0 Å². The van der Waals surface area contributed by atoms with E-state index in [0.717, 1.165) is 74.6 Å². The van der Waals surface area contributed by atoms with E-state index in [1.165, 1.54) is 0 Å². The number of nitrogens with zero attached hydrogens (tertiary/aromatic N) is 3. The van der Waals surface area contributed by atoms with Gasteiger partial charge in [0.05, 0.1) is 12.3 Å². The molecule has 1 amide bonds. The number of carbonyl (C=O) groups is 1. The normalized spacial score (nSPS) is 18.8. The topological polar surface area (TPSA) is 72.5 Å². The summed E-state index contributed by atoms with van der Waals surface area (Å²) in [4.78, 5) is 25.2. The van der Waals surface area contributed by atoms with Crippen molar-refractivity contribution in [3.05, 3.63) is 70.3 Å². The number of aromatic amines is 1. The highest BCUT2D eigenvalue weighted by molar-refractivity contribution is 6.30. The number of hydrogen-bond acceptors (Lipinski definition) is 4. The van der Waals surface area contributed by atoms with E-state index in [4.69, 9.17) is 16.6 Å². The minimum Gasteiger partial charge on any atom is -0.395 e. The van der Waals surface area contributed by atoms with Crippen LogP contribution in [0.15, 0.2) is 42.5 Å². The van der Waals surface area contributed by atoms with Crippen molar-refractivity contribution in [3.63, 3.8) is 0 Å². The second kappa shape index (κ2) is 14.5. The summed E-state index contributed by atoms with van der Waals surface area (Å²) in [5.74, 6) is 2.04. The minimum atomic E-state index is 0.0406. The third kappa shape index (κ3) is 8.29. The molecular formula is C30H43ClN4O2. The average Bonchev–Trinajstić information content (AvgIpc) is 3.26. The van der Waals surface area contributed by atoms with Crippen molar-refractivity contribution in [2.24, 2.45) is 5.92 Å². The second-order valence-corrected chi connectivity index (χ2v) is 10.5. The van der Waals surface area contributed by atoms with Gasteiger partial charge in [0.25, 0.3) is 0 Å². The Balaban J connectivity index is 0.000000886. The third-order valence-electron chi connectivity index (χ3n) is 7.71. The fourth-order valence-electron chi connectivity index (χ4n) is 5.22. The van der Waals surface area contributed by atoms with E-state index in [0.29, 0.717) is 16.9 Å². The summed E-state index contributed by atoms with van der Waals surface area (Å²) >= 11 is 6.02. The Labute approximate surface area is 227 Å². The van der Waals surface area contributed by atoms with Crippen LogP contribution in [-0.2, 0) is 4.79 Å². The molecule has 2 saturated heterocycles. The third-order valence-corrected chi connectivity index (χ3v) is 7.95. The van der Waals surface area contributed by atoms with Crippen LogP contribution in [0.4, 0.5) is 0 Å². The summed E-state index contributed by atoms with van der Waals surface area (Å²) in [5, 5.41) is 10.9. The zero-order chi connectivity index (χ0) is 26.8. The van der Waals surface area contributed by atoms with Crippen LogP contribution < -0.4 is 0 Å². The lowest BCUT2D eigenvalue weighted by Crippen LogP contribution is -2.50. The Hall–Kier alpha value is -2.41. The number of likely N-dealkylation sites (tertiary alicyclic amines) is 2. The van der Waals surface area contributed by atoms with Crippen molar-refractivity contribution >= 4 is 23.6 Å². The number of rotatable bonds is 6. The smallest absolute Gasteiger partial charge is 0.246 e. The summed E-state index contributed by atoms with van der Waals surface area (Å²) in [7, 11) is 0. The van der Waals surface area contributed by atoms with Crippen LogP contribution in [0.3, 0.4) is 0 Å². The molecule has 3 heterocycles. The van der Waals surface area contributed by atoms with Crippen molar-refractivity contribution in [1.82, 2.24) is 19.8 Å². The van der Waals surface area contributed by atoms with Crippen LogP contribution in [0.5, 0.6) is 0 Å². The standard InChI is InChI=1S/C26H35ClN4O2.C4H8/c1-18-19(2)29-26(28-18)22-10-12-30(13-11-22)24(17-32)21-8-14-31(15-9-21)25(33)7-6-20-4-3-5-23(27)16-20;1-3-4-2/h3-7,16,21-22,24,32H,8-15,17H2,1-2H3,(H,28,29);3-4H,1-2H3/b7-6+;4-3-. The first-order valence-electron chi connectivity index (χ1n) is 13.5. The molecule has 1 aromatic heterocycles. The van der Waals surface area contributed by atoms with Gasteiger partial charge in [-0.05, 0) is 96.2 Å². The first-order valence-corrected chi connectivity index (χ1v) is 13.9. The highest BCUT2D eigenvalue weighted by Crippen LogP contribution is 2.31. The van der Waals surface area contributed by atoms with Gasteiger partial charge in [-0.25, -0.2) is 4.98 Å². The number of hydrogen-bond donors (Lipinski definition) is 2. The molecule has 2 aromatic rings. The van der Waals surface area contributed by atoms with E-state index in [-0.39, 0.29) is 18.6 Å². The number of aliphatic hydroxyl groups is 1. The van der Waals surface area contributed by atoms with Crippen LogP contribution in [0.1, 0.15) is 68.2 Å². The zero-order valence-corrected chi connectivity index (χ0v) is 23.5. The molecule has 0 bridgehead atoms. The summed E-state index contributed by atoms with van der Waals surface area (Å²) in [6, 6.07) is 7.66. The van der Waals surface area contributed by atoms with Gasteiger partial charge in [0.15, 0.2) is 0 Å². The number of amides is 1. The molecule has 202 valence electrons. The maximum Gasteiger partial charge on any atom is 0.246 e. The largest absolute Gasteiger partial charge is 0.395 e. The molecule has 1 atom stereocenters. The van der Waals surface area contributed by atoms with Gasteiger partial charge in [-0.15, -0.1) is 0 Å². The maximum atomic E-state index is 12.6. The molecule has 0 aliphatic carbocycles. The lowest BCUT2D eigenvalue weighted by molar-refractivity contribution is -0.127. The van der Waals surface area contributed by atoms with Crippen molar-refractivity contribution < 1.29 is 9.90 Å². The number of aryl methyl sites for hydroxylation is 2. The molecule has 0 saturated carbocycles. The molecule has 0 spiro atoms. The molecule has 37 heavy (non-hydrogen) atoms. The van der Waals surface area contributed by atoms with Crippen molar-refractivity contribution in [2.75, 3.05) is 32.8 Å². The summed E-state index contributed by atoms with van der Waals surface area (Å²) in [6.07, 6.45) is 11.4. The molecule has 2 N–H and O–H groups in total. The average molecular weight is 527 g/mol. The Kier molecular flexibility index (Phi) is 11.4. The minimum absolute atomic E-state index is 0.0406. The monoisotopic (exact) mass is 526 g/mol. The van der Waals surface area contributed by atoms with Gasteiger partial charge in [0.1, 0.15) is 5.82 Å². The highest BCUT2D eigenvalue weighted by atomic mass is 35.5. The van der Waals surface area contributed by atoms with Crippen LogP contribution in [0, 0.1) is 19.8 Å². The zero-order valence-electron chi connectivity index (χ0n) is 22.8. The van der Waals surface area contributed by atoms with Gasteiger partial charge in [-0.1, -0.05) is 35.9 Å². The quantitative estimate of drug-likeness (QED) is 0.371. The lowest BCUT2D eigenvalue weighted by Gasteiger charge is -2.43. The molecular weight excluding hydrogens is 484 g/mol. The summed E-state index contributed by atoms with van der Waals surface area (Å²) < 4.78 is 0. The van der Waals surface area contributed by atoms with Crippen molar-refractivity contribution in [1.29, 1.82) is 0 Å². The fourth-order valence-corrected chi connectivity index (χ4v) is 5.42. The van der Waals surface area contributed by atoms with Gasteiger partial charge in [0, 0.05) is 41.8 Å². The fraction of sp³-hybridized carbons (Fsp3) is 0.533. The summed E-state index contributed by atoms with van der Waals surface area (Å²) in [5.41, 5.74) is 3.17. The van der Waals surface area contributed by atoms with Crippen LogP contribution in [0.2, 0.25) is 5.02 Å². The molecule has 0 radical (unpaired) electrons. The maximum absolute atomic E-state index is 12.6. The van der Waals surface area contributed by atoms with Crippen LogP contribution in [0.25, 0.3) is 6.08 Å². The second-order valence-electron chi connectivity index (χ2n) is 10.1. The molecule has 6 nitrogen and oxygen atoms in total. The molecule has 2 aliphatic rings. The van der Waals surface area contributed by atoms with E-state index >= 15 is 0 Å². The SMILES string of the molecule is C/C=C\C.Cc1nc(C2CCN(C(CO)C3CCN(C(=O)/C=C/c4cccc(Cl)c4)CC3)CC2)[nH]c1C. The van der Waals surface area contributed by atoms with Gasteiger partial charge < -0.3 is 15.0 Å². The predicted octanol–water partition coefficient (Wildman–Crippen LogP) is 5.75. The number of carbonyl (C=O) groups excluding carboxylic acids is 1. The van der Waals surface area contributed by atoms with Crippen molar-refractivity contribution in [3.8, 4) is 0 Å². The number of nitrogens with one attached hydrogen (secondary N) is 1. The molecule has 1 aromatic carbocycles. The Morgan fingerprint density at radius 3 is 2.35 bits per heavy atom. The van der Waals surface area contributed by atoms with Gasteiger partial charge in [-0.2, -0.15) is 0 Å². The molecule has 4 rings (SSSR count). The number of benzene rings is 1. The number of halogens is 1. The number of aliphatic hydroxyl groups excluding tert-OH is 1. The number of aromatic nitrogens is 2. The van der Waals surface area contributed by atoms with Crippen LogP contribution in [-0.4, -0.2) is 69.6 Å². The van der Waals surface area contributed by atoms with Crippen molar-refractivity contribution in [2.45, 2.75) is 65.3 Å². The predicted molar refractivity (Wildman–Crippen MR) is 153 cm³/mol. The first kappa shape index (κ1) is 29.2.